The number of aromatic nitrogens is 1. The first-order valence-corrected chi connectivity index (χ1v) is 8.84. The Morgan fingerprint density at radius 1 is 1.33 bits per heavy atom. The first kappa shape index (κ1) is 16.6. The lowest BCUT2D eigenvalue weighted by Crippen LogP contribution is -2.34. The van der Waals surface area contributed by atoms with Gasteiger partial charge in [0.15, 0.2) is 12.4 Å². The zero-order valence-corrected chi connectivity index (χ0v) is 14.6. The average molecular weight is 344 g/mol. The van der Waals surface area contributed by atoms with Crippen molar-refractivity contribution in [1.29, 1.82) is 0 Å². The number of rotatable bonds is 5. The van der Waals surface area contributed by atoms with E-state index < -0.39 is 0 Å². The molecule has 0 spiro atoms. The number of Topliss-reactive ketones (excluding diaryl/α,β-unsaturated/α-hetero) is 1. The van der Waals surface area contributed by atoms with E-state index in [0.29, 0.717) is 11.3 Å². The van der Waals surface area contributed by atoms with Gasteiger partial charge < -0.3 is 10.1 Å². The summed E-state index contributed by atoms with van der Waals surface area (Å²) in [5.41, 5.74) is 1.64. The van der Waals surface area contributed by atoms with Crippen molar-refractivity contribution in [2.75, 3.05) is 6.61 Å². The normalized spacial score (nSPS) is 16.3. The van der Waals surface area contributed by atoms with Crippen molar-refractivity contribution in [2.45, 2.75) is 39.2 Å². The number of benzene rings is 1. The quantitative estimate of drug-likeness (QED) is 0.846. The maximum absolute atomic E-state index is 12.2. The number of nitrogens with zero attached hydrogens (tertiary/aromatic N) is 1. The maximum Gasteiger partial charge on any atom is 0.258 e. The van der Waals surface area contributed by atoms with Crippen LogP contribution in [0.2, 0.25) is 0 Å². The molecular weight excluding hydrogens is 324 g/mol. The molecule has 1 aliphatic rings. The molecule has 1 aliphatic carbocycles. The standard InChI is InChI=1S/C18H20N2O3S/c1-11(21)13-6-8-14(9-7-13)23-10-17(22)20-15-4-3-5-16-18(15)19-12(2)24-16/h6-9,15H,3-5,10H2,1-2H3,(H,20,22)/t15-/m1/s1. The molecule has 0 radical (unpaired) electrons. The molecule has 1 amide bonds. The topological polar surface area (TPSA) is 68.3 Å². The summed E-state index contributed by atoms with van der Waals surface area (Å²) in [6, 6.07) is 6.77. The van der Waals surface area contributed by atoms with E-state index in [1.54, 1.807) is 35.6 Å². The molecule has 0 saturated heterocycles. The number of hydrogen-bond donors (Lipinski definition) is 1. The Morgan fingerprint density at radius 2 is 2.08 bits per heavy atom. The van der Waals surface area contributed by atoms with Crippen LogP contribution in [0.5, 0.6) is 5.75 Å². The highest BCUT2D eigenvalue weighted by atomic mass is 32.1. The van der Waals surface area contributed by atoms with E-state index >= 15 is 0 Å². The zero-order chi connectivity index (χ0) is 17.1. The fourth-order valence-electron chi connectivity index (χ4n) is 2.85. The predicted molar refractivity (Wildman–Crippen MR) is 92.6 cm³/mol. The van der Waals surface area contributed by atoms with Gasteiger partial charge in [-0.15, -0.1) is 11.3 Å². The van der Waals surface area contributed by atoms with Crippen molar-refractivity contribution < 1.29 is 14.3 Å². The lowest BCUT2D eigenvalue weighted by molar-refractivity contribution is -0.124. The summed E-state index contributed by atoms with van der Waals surface area (Å²) in [5.74, 6) is 0.420. The van der Waals surface area contributed by atoms with Crippen molar-refractivity contribution in [3.05, 3.63) is 45.4 Å². The summed E-state index contributed by atoms with van der Waals surface area (Å²) in [5, 5.41) is 4.06. The third kappa shape index (κ3) is 3.82. The van der Waals surface area contributed by atoms with E-state index in [1.165, 1.54) is 11.8 Å². The van der Waals surface area contributed by atoms with Crippen molar-refractivity contribution in [3.8, 4) is 5.75 Å². The first-order valence-electron chi connectivity index (χ1n) is 8.02. The summed E-state index contributed by atoms with van der Waals surface area (Å²) < 4.78 is 5.50. The van der Waals surface area contributed by atoms with Gasteiger partial charge in [0.1, 0.15) is 5.75 Å². The molecule has 5 nitrogen and oxygen atoms in total. The number of amides is 1. The molecule has 0 unspecified atom stereocenters. The minimum absolute atomic E-state index is 0.00551. The van der Waals surface area contributed by atoms with Gasteiger partial charge >= 0.3 is 0 Å². The van der Waals surface area contributed by atoms with Crippen LogP contribution in [0.1, 0.15) is 51.7 Å². The summed E-state index contributed by atoms with van der Waals surface area (Å²) >= 11 is 1.71. The molecule has 0 fully saturated rings. The molecule has 3 rings (SSSR count). The van der Waals surface area contributed by atoms with Gasteiger partial charge in [-0.05, 0) is 57.4 Å². The molecule has 1 N–H and O–H groups in total. The van der Waals surface area contributed by atoms with Crippen LogP contribution >= 0.6 is 11.3 Å². The Kier molecular flexibility index (Phi) is 4.94. The van der Waals surface area contributed by atoms with Gasteiger partial charge in [0.25, 0.3) is 5.91 Å². The fourth-order valence-corrected chi connectivity index (χ4v) is 3.89. The molecule has 2 aromatic rings. The van der Waals surface area contributed by atoms with E-state index in [9.17, 15) is 9.59 Å². The van der Waals surface area contributed by atoms with Crippen LogP contribution in [0, 0.1) is 6.92 Å². The number of ether oxygens (including phenoxy) is 1. The molecule has 1 aromatic carbocycles. The van der Waals surface area contributed by atoms with Crippen LogP contribution in [0.4, 0.5) is 0 Å². The third-order valence-electron chi connectivity index (χ3n) is 4.03. The Bertz CT molecular complexity index is 752. The molecule has 1 atom stereocenters. The molecule has 1 aromatic heterocycles. The van der Waals surface area contributed by atoms with E-state index in [4.69, 9.17) is 4.74 Å². The number of carbonyl (C=O) groups is 2. The monoisotopic (exact) mass is 344 g/mol. The molecule has 24 heavy (non-hydrogen) atoms. The van der Waals surface area contributed by atoms with Gasteiger partial charge in [-0.2, -0.15) is 0 Å². The Balaban J connectivity index is 1.55. The highest BCUT2D eigenvalue weighted by Crippen LogP contribution is 2.32. The van der Waals surface area contributed by atoms with Crippen molar-refractivity contribution in [3.63, 3.8) is 0 Å². The van der Waals surface area contributed by atoms with Gasteiger partial charge in [-0.1, -0.05) is 0 Å². The molecule has 126 valence electrons. The summed E-state index contributed by atoms with van der Waals surface area (Å²) in [7, 11) is 0. The SMILES string of the molecule is CC(=O)c1ccc(OCC(=O)N[C@@H]2CCCc3sc(C)nc32)cc1. The van der Waals surface area contributed by atoms with Crippen LogP contribution in [0.25, 0.3) is 0 Å². The minimum Gasteiger partial charge on any atom is -0.484 e. The number of fused-ring (bicyclic) bond motifs is 1. The van der Waals surface area contributed by atoms with Gasteiger partial charge in [0.05, 0.1) is 16.7 Å². The second kappa shape index (κ2) is 7.13. The summed E-state index contributed by atoms with van der Waals surface area (Å²) in [4.78, 5) is 29.2. The zero-order valence-electron chi connectivity index (χ0n) is 13.8. The van der Waals surface area contributed by atoms with Crippen molar-refractivity contribution >= 4 is 23.0 Å². The lowest BCUT2D eigenvalue weighted by atomic mass is 9.97. The molecule has 0 aliphatic heterocycles. The fraction of sp³-hybridized carbons (Fsp3) is 0.389. The Labute approximate surface area is 145 Å². The lowest BCUT2D eigenvalue weighted by Gasteiger charge is -2.22. The smallest absolute Gasteiger partial charge is 0.258 e. The van der Waals surface area contributed by atoms with E-state index in [0.717, 1.165) is 30.0 Å². The Hall–Kier alpha value is -2.21. The minimum atomic E-state index is -0.158. The summed E-state index contributed by atoms with van der Waals surface area (Å²) in [6.45, 7) is 3.46. The van der Waals surface area contributed by atoms with Crippen LogP contribution in [-0.2, 0) is 11.2 Å². The van der Waals surface area contributed by atoms with Gasteiger partial charge in [0, 0.05) is 10.4 Å². The number of carbonyl (C=O) groups excluding carboxylic acids is 2. The number of ketones is 1. The van der Waals surface area contributed by atoms with Crippen molar-refractivity contribution in [2.24, 2.45) is 0 Å². The van der Waals surface area contributed by atoms with Gasteiger partial charge in [-0.25, -0.2) is 4.98 Å². The highest BCUT2D eigenvalue weighted by molar-refractivity contribution is 7.11. The third-order valence-corrected chi connectivity index (χ3v) is 5.07. The second-order valence-corrected chi connectivity index (χ2v) is 7.21. The number of nitrogens with one attached hydrogen (secondary N) is 1. The van der Waals surface area contributed by atoms with Crippen LogP contribution in [0.15, 0.2) is 24.3 Å². The number of hydrogen-bond acceptors (Lipinski definition) is 5. The van der Waals surface area contributed by atoms with Crippen LogP contribution < -0.4 is 10.1 Å². The molecule has 6 heteroatoms. The molecule has 1 heterocycles. The van der Waals surface area contributed by atoms with Crippen LogP contribution in [-0.4, -0.2) is 23.3 Å². The predicted octanol–water partition coefficient (Wildman–Crippen LogP) is 3.23. The van der Waals surface area contributed by atoms with E-state index in [2.05, 4.69) is 10.3 Å². The molecule has 0 bridgehead atoms. The largest absolute Gasteiger partial charge is 0.484 e. The van der Waals surface area contributed by atoms with Crippen LogP contribution in [0.3, 0.4) is 0 Å². The molecule has 0 saturated carbocycles. The number of aryl methyl sites for hydroxylation is 2. The first-order chi connectivity index (χ1) is 11.5. The second-order valence-electron chi connectivity index (χ2n) is 5.92. The number of thiazole rings is 1. The van der Waals surface area contributed by atoms with Crippen molar-refractivity contribution in [1.82, 2.24) is 10.3 Å². The molecular formula is C18H20N2O3S. The summed E-state index contributed by atoms with van der Waals surface area (Å²) in [6.07, 6.45) is 3.02. The highest BCUT2D eigenvalue weighted by Gasteiger charge is 2.25. The maximum atomic E-state index is 12.2. The van der Waals surface area contributed by atoms with E-state index in [1.807, 2.05) is 6.92 Å². The Morgan fingerprint density at radius 3 is 2.79 bits per heavy atom. The van der Waals surface area contributed by atoms with Gasteiger partial charge in [-0.3, -0.25) is 9.59 Å². The van der Waals surface area contributed by atoms with E-state index in [-0.39, 0.29) is 24.3 Å². The average Bonchev–Trinajstić information content (AvgIpc) is 2.95. The van der Waals surface area contributed by atoms with Gasteiger partial charge in [0.2, 0.25) is 0 Å².